The minimum atomic E-state index is -0.873. The van der Waals surface area contributed by atoms with Crippen LogP contribution in [-0.4, -0.2) is 34.5 Å². The van der Waals surface area contributed by atoms with Crippen LogP contribution in [0.25, 0.3) is 0 Å². The van der Waals surface area contributed by atoms with Crippen LogP contribution in [-0.2, 0) is 9.59 Å². The zero-order valence-corrected chi connectivity index (χ0v) is 9.53. The van der Waals surface area contributed by atoms with Gasteiger partial charge in [-0.25, -0.2) is 4.79 Å². The molecule has 0 saturated carbocycles. The zero-order valence-electron chi connectivity index (χ0n) is 9.53. The first-order valence-corrected chi connectivity index (χ1v) is 5.83. The van der Waals surface area contributed by atoms with Gasteiger partial charge in [0.25, 0.3) is 0 Å². The lowest BCUT2D eigenvalue weighted by Gasteiger charge is -2.22. The molecule has 0 radical (unpaired) electrons. The number of carboxylic acid groups (broad SMARTS) is 1. The van der Waals surface area contributed by atoms with E-state index in [1.165, 1.54) is 4.90 Å². The smallest absolute Gasteiger partial charge is 0.326 e. The molecule has 1 unspecified atom stereocenters. The van der Waals surface area contributed by atoms with Gasteiger partial charge in [0.1, 0.15) is 6.04 Å². The Kier molecular flexibility index (Phi) is 2.99. The van der Waals surface area contributed by atoms with Crippen LogP contribution < -0.4 is 0 Å². The molecule has 2 aliphatic rings. The molecule has 1 N–H and O–H groups in total. The van der Waals surface area contributed by atoms with Crippen LogP contribution >= 0.6 is 0 Å². The zero-order chi connectivity index (χ0) is 11.7. The second kappa shape index (κ2) is 4.28. The van der Waals surface area contributed by atoms with Crippen molar-refractivity contribution in [2.24, 2.45) is 0 Å². The largest absolute Gasteiger partial charge is 0.480 e. The molecule has 0 aromatic carbocycles. The predicted octanol–water partition coefficient (Wildman–Crippen LogP) is 1.56. The standard InChI is InChI=1S/C12H17NO3/c1-8-4-2-5-9(8)11(14)13-7-3-6-10(13)12(15)16/h10H,2-7H2,1H3,(H,15,16). The first-order valence-electron chi connectivity index (χ1n) is 5.83. The second-order valence-electron chi connectivity index (χ2n) is 4.61. The summed E-state index contributed by atoms with van der Waals surface area (Å²) in [6, 6.07) is -0.603. The summed E-state index contributed by atoms with van der Waals surface area (Å²) in [5.41, 5.74) is 1.99. The molecule has 1 aliphatic carbocycles. The molecule has 1 fully saturated rings. The van der Waals surface area contributed by atoms with Crippen LogP contribution in [0.5, 0.6) is 0 Å². The number of likely N-dealkylation sites (tertiary alicyclic amines) is 1. The summed E-state index contributed by atoms with van der Waals surface area (Å²) in [6.45, 7) is 2.57. The van der Waals surface area contributed by atoms with Crippen LogP contribution in [0.2, 0.25) is 0 Å². The fourth-order valence-electron chi connectivity index (χ4n) is 2.62. The predicted molar refractivity (Wildman–Crippen MR) is 58.9 cm³/mol. The fourth-order valence-corrected chi connectivity index (χ4v) is 2.62. The van der Waals surface area contributed by atoms with Gasteiger partial charge in [0.15, 0.2) is 0 Å². The molecule has 1 saturated heterocycles. The Labute approximate surface area is 94.9 Å². The summed E-state index contributed by atoms with van der Waals surface area (Å²) in [5, 5.41) is 9.03. The molecule has 1 heterocycles. The summed E-state index contributed by atoms with van der Waals surface area (Å²) < 4.78 is 0. The van der Waals surface area contributed by atoms with Gasteiger partial charge in [-0.15, -0.1) is 0 Å². The minimum absolute atomic E-state index is 0.0418. The Bertz CT molecular complexity index is 359. The van der Waals surface area contributed by atoms with Gasteiger partial charge in [-0.1, -0.05) is 5.57 Å². The van der Waals surface area contributed by atoms with E-state index in [4.69, 9.17) is 5.11 Å². The van der Waals surface area contributed by atoms with Crippen molar-refractivity contribution in [2.75, 3.05) is 6.54 Å². The highest BCUT2D eigenvalue weighted by Gasteiger charge is 2.36. The van der Waals surface area contributed by atoms with E-state index in [2.05, 4.69) is 0 Å². The second-order valence-corrected chi connectivity index (χ2v) is 4.61. The molecule has 1 atom stereocenters. The first kappa shape index (κ1) is 11.2. The summed E-state index contributed by atoms with van der Waals surface area (Å²) in [4.78, 5) is 24.7. The molecule has 0 bridgehead atoms. The van der Waals surface area contributed by atoms with Gasteiger partial charge in [0.2, 0.25) is 5.91 Å². The highest BCUT2D eigenvalue weighted by molar-refractivity contribution is 5.97. The number of amides is 1. The summed E-state index contributed by atoms with van der Waals surface area (Å²) >= 11 is 0. The Morgan fingerprint density at radius 3 is 2.62 bits per heavy atom. The van der Waals surface area contributed by atoms with Gasteiger partial charge < -0.3 is 10.0 Å². The maximum atomic E-state index is 12.2. The molecule has 4 heteroatoms. The van der Waals surface area contributed by atoms with Crippen molar-refractivity contribution in [3.05, 3.63) is 11.1 Å². The van der Waals surface area contributed by atoms with Crippen LogP contribution in [0.3, 0.4) is 0 Å². The van der Waals surface area contributed by atoms with E-state index in [1.54, 1.807) is 0 Å². The van der Waals surface area contributed by atoms with Crippen LogP contribution in [0.4, 0.5) is 0 Å². The van der Waals surface area contributed by atoms with Gasteiger partial charge >= 0.3 is 5.97 Å². The third-order valence-corrected chi connectivity index (χ3v) is 3.55. The van der Waals surface area contributed by atoms with Crippen LogP contribution in [0.1, 0.15) is 39.0 Å². The van der Waals surface area contributed by atoms with E-state index >= 15 is 0 Å². The normalized spacial score (nSPS) is 25.3. The van der Waals surface area contributed by atoms with Gasteiger partial charge in [0.05, 0.1) is 0 Å². The Morgan fingerprint density at radius 1 is 1.31 bits per heavy atom. The summed E-state index contributed by atoms with van der Waals surface area (Å²) in [5.74, 6) is -0.915. The van der Waals surface area contributed by atoms with Crippen molar-refractivity contribution in [3.63, 3.8) is 0 Å². The van der Waals surface area contributed by atoms with E-state index in [9.17, 15) is 9.59 Å². The summed E-state index contributed by atoms with van der Waals surface area (Å²) in [6.07, 6.45) is 4.21. The number of nitrogens with zero attached hydrogens (tertiary/aromatic N) is 1. The Hall–Kier alpha value is -1.32. The lowest BCUT2D eigenvalue weighted by atomic mass is 10.1. The molecular formula is C12H17NO3. The maximum absolute atomic E-state index is 12.2. The number of carboxylic acids is 1. The topological polar surface area (TPSA) is 57.6 Å². The highest BCUT2D eigenvalue weighted by Crippen LogP contribution is 2.29. The van der Waals surface area contributed by atoms with Gasteiger partial charge in [-0.3, -0.25) is 4.79 Å². The van der Waals surface area contributed by atoms with E-state index in [1.807, 2.05) is 6.92 Å². The van der Waals surface area contributed by atoms with Crippen molar-refractivity contribution < 1.29 is 14.7 Å². The molecular weight excluding hydrogens is 206 g/mol. The number of rotatable bonds is 2. The molecule has 0 aromatic heterocycles. The number of carbonyl (C=O) groups excluding carboxylic acids is 1. The Morgan fingerprint density at radius 2 is 2.06 bits per heavy atom. The molecule has 1 amide bonds. The molecule has 88 valence electrons. The molecule has 4 nitrogen and oxygen atoms in total. The van der Waals surface area contributed by atoms with Gasteiger partial charge in [0, 0.05) is 12.1 Å². The molecule has 2 rings (SSSR count). The van der Waals surface area contributed by atoms with Crippen molar-refractivity contribution in [3.8, 4) is 0 Å². The number of aliphatic carboxylic acids is 1. The molecule has 1 aliphatic heterocycles. The van der Waals surface area contributed by atoms with Gasteiger partial charge in [-0.2, -0.15) is 0 Å². The number of hydrogen-bond donors (Lipinski definition) is 1. The number of hydrogen-bond acceptors (Lipinski definition) is 2. The Balaban J connectivity index is 2.15. The maximum Gasteiger partial charge on any atom is 0.326 e. The molecule has 16 heavy (non-hydrogen) atoms. The minimum Gasteiger partial charge on any atom is -0.480 e. The third-order valence-electron chi connectivity index (χ3n) is 3.55. The van der Waals surface area contributed by atoms with E-state index in [-0.39, 0.29) is 5.91 Å². The van der Waals surface area contributed by atoms with Crippen molar-refractivity contribution >= 4 is 11.9 Å². The molecule has 0 spiro atoms. The SMILES string of the molecule is CC1=C(C(=O)N2CCCC2C(=O)O)CCC1. The quantitative estimate of drug-likeness (QED) is 0.773. The van der Waals surface area contributed by atoms with E-state index in [0.29, 0.717) is 13.0 Å². The lowest BCUT2D eigenvalue weighted by molar-refractivity contribution is -0.146. The monoisotopic (exact) mass is 223 g/mol. The van der Waals surface area contributed by atoms with E-state index < -0.39 is 12.0 Å². The number of carbonyl (C=O) groups is 2. The van der Waals surface area contributed by atoms with Crippen molar-refractivity contribution in [2.45, 2.75) is 45.1 Å². The molecule has 0 aromatic rings. The first-order chi connectivity index (χ1) is 7.61. The summed E-state index contributed by atoms with van der Waals surface area (Å²) in [7, 11) is 0. The van der Waals surface area contributed by atoms with Crippen molar-refractivity contribution in [1.29, 1.82) is 0 Å². The average Bonchev–Trinajstić information content (AvgIpc) is 2.84. The van der Waals surface area contributed by atoms with Crippen LogP contribution in [0.15, 0.2) is 11.1 Å². The van der Waals surface area contributed by atoms with Crippen LogP contribution in [0, 0.1) is 0 Å². The third kappa shape index (κ3) is 1.84. The van der Waals surface area contributed by atoms with E-state index in [0.717, 1.165) is 36.8 Å². The number of allylic oxidation sites excluding steroid dienone is 1. The highest BCUT2D eigenvalue weighted by atomic mass is 16.4. The average molecular weight is 223 g/mol. The lowest BCUT2D eigenvalue weighted by Crippen LogP contribution is -2.41. The van der Waals surface area contributed by atoms with Crippen molar-refractivity contribution in [1.82, 2.24) is 4.90 Å². The van der Waals surface area contributed by atoms with Gasteiger partial charge in [-0.05, 0) is 39.0 Å². The fraction of sp³-hybridized carbons (Fsp3) is 0.667.